The maximum Gasteiger partial charge on any atom is 0.145 e. The molecule has 0 aliphatic carbocycles. The molecule has 0 unspecified atom stereocenters. The molecule has 0 atom stereocenters. The second-order valence-electron chi connectivity index (χ2n) is 3.18. The summed E-state index contributed by atoms with van der Waals surface area (Å²) in [4.78, 5) is 3.97. The topological polar surface area (TPSA) is 22.1 Å². The van der Waals surface area contributed by atoms with E-state index in [4.69, 9.17) is 27.9 Å². The highest BCUT2D eigenvalue weighted by molar-refractivity contribution is 6.30. The Hall–Kier alpha value is -1.25. The Morgan fingerprint density at radius 2 is 2.12 bits per heavy atom. The predicted octanol–water partition coefficient (Wildman–Crippen LogP) is 4.27. The van der Waals surface area contributed by atoms with Crippen molar-refractivity contribution in [3.8, 4) is 11.5 Å². The fourth-order valence-electron chi connectivity index (χ4n) is 1.27. The maximum atomic E-state index is 5.90. The van der Waals surface area contributed by atoms with Gasteiger partial charge in [-0.2, -0.15) is 0 Å². The number of hydrogen-bond acceptors (Lipinski definition) is 2. The van der Waals surface area contributed by atoms with Crippen LogP contribution in [0.4, 0.5) is 0 Å². The van der Waals surface area contributed by atoms with Crippen LogP contribution in [0.5, 0.6) is 11.5 Å². The second kappa shape index (κ2) is 5.19. The Bertz CT molecular complexity index is 474. The Labute approximate surface area is 104 Å². The number of aromatic nitrogens is 1. The number of pyridine rings is 1. The van der Waals surface area contributed by atoms with E-state index >= 15 is 0 Å². The first-order valence-electron chi connectivity index (χ1n) is 4.72. The van der Waals surface area contributed by atoms with Crippen molar-refractivity contribution in [2.75, 3.05) is 0 Å². The number of benzene rings is 1. The van der Waals surface area contributed by atoms with E-state index in [1.54, 1.807) is 30.6 Å². The first-order valence-corrected chi connectivity index (χ1v) is 5.63. The van der Waals surface area contributed by atoms with Crippen LogP contribution in [0, 0.1) is 0 Å². The minimum atomic E-state index is 0.382. The third-order valence-electron chi connectivity index (χ3n) is 2.04. The molecular formula is C12H9Cl2NO. The zero-order valence-electron chi connectivity index (χ0n) is 8.36. The van der Waals surface area contributed by atoms with Gasteiger partial charge in [-0.15, -0.1) is 11.6 Å². The molecule has 0 saturated heterocycles. The van der Waals surface area contributed by atoms with E-state index in [0.29, 0.717) is 22.4 Å². The quantitative estimate of drug-likeness (QED) is 0.763. The van der Waals surface area contributed by atoms with Crippen LogP contribution in [0.15, 0.2) is 42.7 Å². The number of nitrogens with zero attached hydrogens (tertiary/aromatic N) is 1. The molecule has 4 heteroatoms. The van der Waals surface area contributed by atoms with Gasteiger partial charge in [-0.3, -0.25) is 4.98 Å². The van der Waals surface area contributed by atoms with Gasteiger partial charge in [0.15, 0.2) is 0 Å². The van der Waals surface area contributed by atoms with Gasteiger partial charge >= 0.3 is 0 Å². The highest BCUT2D eigenvalue weighted by Crippen LogP contribution is 2.28. The summed E-state index contributed by atoms with van der Waals surface area (Å²) in [5.74, 6) is 1.71. The van der Waals surface area contributed by atoms with Crippen LogP contribution in [0.25, 0.3) is 0 Å². The fraction of sp³-hybridized carbons (Fsp3) is 0.0833. The Kier molecular flexibility index (Phi) is 3.65. The third kappa shape index (κ3) is 2.65. The summed E-state index contributed by atoms with van der Waals surface area (Å²) in [6.45, 7) is 0. The monoisotopic (exact) mass is 253 g/mol. The van der Waals surface area contributed by atoms with Crippen LogP contribution < -0.4 is 4.74 Å². The molecule has 2 aromatic rings. The fourth-order valence-corrected chi connectivity index (χ4v) is 1.65. The van der Waals surface area contributed by atoms with Crippen LogP contribution >= 0.6 is 23.2 Å². The standard InChI is InChI=1S/C12H9Cl2NO/c13-7-9-3-4-10(14)6-12(9)16-11-2-1-5-15-8-11/h1-6,8H,7H2. The summed E-state index contributed by atoms with van der Waals surface area (Å²) in [6, 6.07) is 9.01. The first kappa shape index (κ1) is 11.2. The highest BCUT2D eigenvalue weighted by Gasteiger charge is 2.05. The summed E-state index contributed by atoms with van der Waals surface area (Å²) in [7, 11) is 0. The summed E-state index contributed by atoms with van der Waals surface area (Å²) in [5, 5.41) is 0.618. The van der Waals surface area contributed by atoms with E-state index < -0.39 is 0 Å². The number of ether oxygens (including phenoxy) is 1. The lowest BCUT2D eigenvalue weighted by Gasteiger charge is -2.09. The number of rotatable bonds is 3. The van der Waals surface area contributed by atoms with Crippen LogP contribution in [-0.2, 0) is 5.88 Å². The van der Waals surface area contributed by atoms with E-state index in [9.17, 15) is 0 Å². The van der Waals surface area contributed by atoms with Gasteiger partial charge in [0.1, 0.15) is 11.5 Å². The molecule has 0 saturated carbocycles. The van der Waals surface area contributed by atoms with Gasteiger partial charge in [0.2, 0.25) is 0 Å². The van der Waals surface area contributed by atoms with Crippen molar-refractivity contribution in [2.45, 2.75) is 5.88 Å². The number of halogens is 2. The van der Waals surface area contributed by atoms with Gasteiger partial charge in [-0.25, -0.2) is 0 Å². The number of alkyl halides is 1. The number of hydrogen-bond donors (Lipinski definition) is 0. The lowest BCUT2D eigenvalue weighted by molar-refractivity contribution is 0.476. The van der Waals surface area contributed by atoms with Gasteiger partial charge in [0.05, 0.1) is 12.1 Å². The van der Waals surface area contributed by atoms with Crippen molar-refractivity contribution in [1.29, 1.82) is 0 Å². The Balaban J connectivity index is 2.30. The molecule has 16 heavy (non-hydrogen) atoms. The zero-order chi connectivity index (χ0) is 11.4. The van der Waals surface area contributed by atoms with Crippen LogP contribution in [0.3, 0.4) is 0 Å². The Morgan fingerprint density at radius 3 is 2.81 bits per heavy atom. The normalized spacial score (nSPS) is 10.1. The van der Waals surface area contributed by atoms with Crippen molar-refractivity contribution in [3.63, 3.8) is 0 Å². The molecule has 0 radical (unpaired) electrons. The predicted molar refractivity (Wildman–Crippen MR) is 65.3 cm³/mol. The summed E-state index contributed by atoms with van der Waals surface area (Å²) in [6.07, 6.45) is 3.33. The van der Waals surface area contributed by atoms with Crippen molar-refractivity contribution in [2.24, 2.45) is 0 Å². The molecule has 0 fully saturated rings. The molecule has 1 heterocycles. The zero-order valence-corrected chi connectivity index (χ0v) is 9.87. The summed E-state index contributed by atoms with van der Waals surface area (Å²) >= 11 is 11.7. The maximum absolute atomic E-state index is 5.90. The molecule has 1 aromatic heterocycles. The molecule has 0 aliphatic heterocycles. The SMILES string of the molecule is ClCc1ccc(Cl)cc1Oc1cccnc1. The Morgan fingerprint density at radius 1 is 1.25 bits per heavy atom. The summed E-state index contributed by atoms with van der Waals surface area (Å²) in [5.41, 5.74) is 0.898. The minimum absolute atomic E-state index is 0.382. The molecular weight excluding hydrogens is 245 g/mol. The van der Waals surface area contributed by atoms with Crippen molar-refractivity contribution in [3.05, 3.63) is 53.3 Å². The molecule has 2 rings (SSSR count). The average molecular weight is 254 g/mol. The lowest BCUT2D eigenvalue weighted by atomic mass is 10.2. The van der Waals surface area contributed by atoms with E-state index in [1.807, 2.05) is 12.1 Å². The molecule has 0 aliphatic rings. The second-order valence-corrected chi connectivity index (χ2v) is 3.88. The molecule has 0 spiro atoms. The molecule has 2 nitrogen and oxygen atoms in total. The van der Waals surface area contributed by atoms with Crippen LogP contribution in [-0.4, -0.2) is 4.98 Å². The smallest absolute Gasteiger partial charge is 0.145 e. The van der Waals surface area contributed by atoms with Gasteiger partial charge in [-0.05, 0) is 24.3 Å². The van der Waals surface area contributed by atoms with Crippen molar-refractivity contribution >= 4 is 23.2 Å². The minimum Gasteiger partial charge on any atom is -0.455 e. The molecule has 1 aromatic carbocycles. The molecule has 0 N–H and O–H groups in total. The average Bonchev–Trinajstić information content (AvgIpc) is 2.31. The van der Waals surface area contributed by atoms with E-state index in [2.05, 4.69) is 4.98 Å². The van der Waals surface area contributed by atoms with E-state index in [1.165, 1.54) is 0 Å². The van der Waals surface area contributed by atoms with Crippen LogP contribution in [0.1, 0.15) is 5.56 Å². The van der Waals surface area contributed by atoms with Gasteiger partial charge in [0.25, 0.3) is 0 Å². The largest absolute Gasteiger partial charge is 0.455 e. The van der Waals surface area contributed by atoms with Crippen molar-refractivity contribution in [1.82, 2.24) is 4.98 Å². The van der Waals surface area contributed by atoms with Crippen LogP contribution in [0.2, 0.25) is 5.02 Å². The van der Waals surface area contributed by atoms with Gasteiger partial charge in [-0.1, -0.05) is 17.7 Å². The van der Waals surface area contributed by atoms with E-state index in [0.717, 1.165) is 5.56 Å². The highest BCUT2D eigenvalue weighted by atomic mass is 35.5. The molecule has 0 amide bonds. The first-order chi connectivity index (χ1) is 7.79. The third-order valence-corrected chi connectivity index (χ3v) is 2.56. The molecule has 82 valence electrons. The van der Waals surface area contributed by atoms with Gasteiger partial charge < -0.3 is 4.74 Å². The molecule has 0 bridgehead atoms. The van der Waals surface area contributed by atoms with E-state index in [-0.39, 0.29) is 0 Å². The lowest BCUT2D eigenvalue weighted by Crippen LogP contribution is -1.89. The summed E-state index contributed by atoms with van der Waals surface area (Å²) < 4.78 is 5.65. The van der Waals surface area contributed by atoms with Crippen molar-refractivity contribution < 1.29 is 4.74 Å². The van der Waals surface area contributed by atoms with Gasteiger partial charge in [0, 0.05) is 16.8 Å².